The van der Waals surface area contributed by atoms with Crippen LogP contribution < -0.4 is 10.2 Å². The van der Waals surface area contributed by atoms with Crippen LogP contribution in [0.5, 0.6) is 0 Å². The van der Waals surface area contributed by atoms with E-state index >= 15 is 0 Å². The van der Waals surface area contributed by atoms with E-state index in [4.69, 9.17) is 4.74 Å². The van der Waals surface area contributed by atoms with Gasteiger partial charge in [-0.15, -0.1) is 0 Å². The Labute approximate surface area is 232 Å². The summed E-state index contributed by atoms with van der Waals surface area (Å²) in [6.45, 7) is 8.15. The predicted molar refractivity (Wildman–Crippen MR) is 150 cm³/mol. The summed E-state index contributed by atoms with van der Waals surface area (Å²) < 4.78 is 5.90. The number of amides is 2. The van der Waals surface area contributed by atoms with Gasteiger partial charge in [0.15, 0.2) is 5.78 Å². The number of fused-ring (bicyclic) bond motifs is 1. The van der Waals surface area contributed by atoms with Crippen LogP contribution in [0, 0.1) is 17.8 Å². The van der Waals surface area contributed by atoms with Gasteiger partial charge in [0, 0.05) is 49.9 Å². The van der Waals surface area contributed by atoms with Crippen LogP contribution in [0.25, 0.3) is 0 Å². The van der Waals surface area contributed by atoms with Gasteiger partial charge in [-0.2, -0.15) is 0 Å². The van der Waals surface area contributed by atoms with Crippen molar-refractivity contribution < 1.29 is 19.1 Å². The molecule has 0 spiro atoms. The third-order valence-corrected chi connectivity index (χ3v) is 9.82. The Hall–Kier alpha value is -2.45. The van der Waals surface area contributed by atoms with E-state index in [1.807, 2.05) is 24.3 Å². The fourth-order valence-electron chi connectivity index (χ4n) is 7.48. The minimum absolute atomic E-state index is 0.0105. The summed E-state index contributed by atoms with van der Waals surface area (Å²) in [5, 5.41) is 3.15. The molecule has 212 valence electrons. The molecule has 3 aliphatic heterocycles. The molecule has 2 amide bonds. The van der Waals surface area contributed by atoms with E-state index in [1.54, 1.807) is 4.90 Å². The van der Waals surface area contributed by atoms with Gasteiger partial charge < -0.3 is 19.9 Å². The number of carbonyl (C=O) groups is 3. The summed E-state index contributed by atoms with van der Waals surface area (Å²) in [7, 11) is 0. The zero-order chi connectivity index (χ0) is 26.9. The molecular formula is C31H44N4O4. The number of ketones is 1. The first-order valence-electron chi connectivity index (χ1n) is 15.4. The Bertz CT molecular complexity index is 1040. The van der Waals surface area contributed by atoms with Crippen molar-refractivity contribution in [1.29, 1.82) is 0 Å². The molecule has 5 aliphatic rings. The molecular weight excluding hydrogens is 492 g/mol. The molecule has 39 heavy (non-hydrogen) atoms. The van der Waals surface area contributed by atoms with Crippen LogP contribution in [0.15, 0.2) is 24.3 Å². The highest BCUT2D eigenvalue weighted by molar-refractivity contribution is 5.99. The molecule has 3 saturated heterocycles. The van der Waals surface area contributed by atoms with E-state index in [0.717, 1.165) is 76.9 Å². The summed E-state index contributed by atoms with van der Waals surface area (Å²) in [4.78, 5) is 47.1. The molecule has 5 fully saturated rings. The molecule has 0 unspecified atom stereocenters. The van der Waals surface area contributed by atoms with E-state index in [1.165, 1.54) is 12.8 Å². The standard InChI is InChI=1S/C31H44N4O4/c1-2-14-33-15-17-34(18-16-33)24-12-10-23(11-13-24)30(37)32-27(22-6-4-3-5-7-22)31(38)35-19-25(21-8-9-21)29-28(35)26(36)20-39-29/h10-13,21-22,25,27-29H,2-9,14-20H2,1H3,(H,32,37)/t25-,27+,28-,29-/m1/s1. The van der Waals surface area contributed by atoms with Gasteiger partial charge in [-0.3, -0.25) is 19.3 Å². The summed E-state index contributed by atoms with van der Waals surface area (Å²) >= 11 is 0. The molecule has 2 aliphatic carbocycles. The summed E-state index contributed by atoms with van der Waals surface area (Å²) in [5.74, 6) is 0.609. The number of Topliss-reactive ketones (excluding diaryl/α,β-unsaturated/α-hetero) is 1. The van der Waals surface area contributed by atoms with Gasteiger partial charge in [0.25, 0.3) is 5.91 Å². The van der Waals surface area contributed by atoms with Crippen molar-refractivity contribution >= 4 is 23.3 Å². The largest absolute Gasteiger partial charge is 0.369 e. The van der Waals surface area contributed by atoms with Crippen LogP contribution in [0.1, 0.15) is 68.6 Å². The van der Waals surface area contributed by atoms with Gasteiger partial charge in [-0.05, 0) is 74.8 Å². The topological polar surface area (TPSA) is 82.2 Å². The average Bonchev–Trinajstić information content (AvgIpc) is 3.64. The minimum Gasteiger partial charge on any atom is -0.369 e. The second-order valence-electron chi connectivity index (χ2n) is 12.4. The zero-order valence-electron chi connectivity index (χ0n) is 23.4. The Balaban J connectivity index is 1.15. The summed E-state index contributed by atoms with van der Waals surface area (Å²) in [6, 6.07) is 6.74. The Morgan fingerprint density at radius 3 is 2.38 bits per heavy atom. The number of piperazine rings is 1. The Morgan fingerprint density at radius 1 is 1.00 bits per heavy atom. The number of hydrogen-bond donors (Lipinski definition) is 1. The number of carbonyl (C=O) groups excluding carboxylic acids is 3. The van der Waals surface area contributed by atoms with Gasteiger partial charge in [0.05, 0.1) is 6.10 Å². The number of likely N-dealkylation sites (tertiary alicyclic amines) is 1. The van der Waals surface area contributed by atoms with Crippen LogP contribution in [0.3, 0.4) is 0 Å². The van der Waals surface area contributed by atoms with Gasteiger partial charge in [0.2, 0.25) is 5.91 Å². The number of nitrogens with one attached hydrogen (secondary N) is 1. The van der Waals surface area contributed by atoms with E-state index in [9.17, 15) is 14.4 Å². The van der Waals surface area contributed by atoms with Crippen LogP contribution in [-0.4, -0.2) is 91.5 Å². The third-order valence-electron chi connectivity index (χ3n) is 9.82. The second kappa shape index (κ2) is 11.6. The number of rotatable bonds is 8. The van der Waals surface area contributed by atoms with Crippen LogP contribution in [-0.2, 0) is 14.3 Å². The maximum atomic E-state index is 14.1. The normalized spacial score (nSPS) is 28.9. The van der Waals surface area contributed by atoms with E-state index in [2.05, 4.69) is 22.0 Å². The number of anilines is 1. The van der Waals surface area contributed by atoms with E-state index < -0.39 is 12.1 Å². The molecule has 6 rings (SSSR count). The second-order valence-corrected chi connectivity index (χ2v) is 12.4. The van der Waals surface area contributed by atoms with Crippen molar-refractivity contribution in [3.05, 3.63) is 29.8 Å². The van der Waals surface area contributed by atoms with Crippen molar-refractivity contribution in [2.24, 2.45) is 17.8 Å². The van der Waals surface area contributed by atoms with Gasteiger partial charge in [-0.1, -0.05) is 26.2 Å². The van der Waals surface area contributed by atoms with Crippen LogP contribution >= 0.6 is 0 Å². The molecule has 0 bridgehead atoms. The summed E-state index contributed by atoms with van der Waals surface area (Å²) in [6.07, 6.45) is 8.49. The first kappa shape index (κ1) is 26.8. The number of ether oxygens (including phenoxy) is 1. The SMILES string of the molecule is CCCN1CCN(c2ccc(C(=O)N[C@H](C(=O)N3C[C@H](C4CC4)[C@H]4OCC(=O)[C@H]43)C3CCCCC3)cc2)CC1. The van der Waals surface area contributed by atoms with Gasteiger partial charge >= 0.3 is 0 Å². The lowest BCUT2D eigenvalue weighted by Gasteiger charge is -2.36. The molecule has 8 nitrogen and oxygen atoms in total. The Morgan fingerprint density at radius 2 is 1.72 bits per heavy atom. The fraction of sp³-hybridized carbons (Fsp3) is 0.710. The highest BCUT2D eigenvalue weighted by Crippen LogP contribution is 2.46. The lowest BCUT2D eigenvalue weighted by molar-refractivity contribution is -0.139. The third kappa shape index (κ3) is 5.60. The molecule has 1 N–H and O–H groups in total. The first-order chi connectivity index (χ1) is 19.0. The van der Waals surface area contributed by atoms with Crippen molar-refractivity contribution in [1.82, 2.24) is 15.1 Å². The molecule has 1 aromatic carbocycles. The Kier molecular flexibility index (Phi) is 7.94. The lowest BCUT2D eigenvalue weighted by Crippen LogP contribution is -2.55. The monoisotopic (exact) mass is 536 g/mol. The van der Waals surface area contributed by atoms with Gasteiger partial charge in [0.1, 0.15) is 18.7 Å². The van der Waals surface area contributed by atoms with Crippen LogP contribution in [0.4, 0.5) is 5.69 Å². The molecule has 0 radical (unpaired) electrons. The van der Waals surface area contributed by atoms with E-state index in [0.29, 0.717) is 18.0 Å². The minimum atomic E-state index is -0.601. The highest BCUT2D eigenvalue weighted by atomic mass is 16.5. The number of benzene rings is 1. The first-order valence-corrected chi connectivity index (χ1v) is 15.4. The molecule has 8 heteroatoms. The summed E-state index contributed by atoms with van der Waals surface area (Å²) in [5.41, 5.74) is 1.71. The average molecular weight is 537 g/mol. The molecule has 4 atom stereocenters. The molecule has 2 saturated carbocycles. The molecule has 0 aromatic heterocycles. The fourth-order valence-corrected chi connectivity index (χ4v) is 7.48. The number of nitrogens with zero attached hydrogens (tertiary/aromatic N) is 3. The van der Waals surface area contributed by atoms with Crippen molar-refractivity contribution in [2.75, 3.05) is 50.8 Å². The van der Waals surface area contributed by atoms with E-state index in [-0.39, 0.29) is 42.1 Å². The highest BCUT2D eigenvalue weighted by Gasteiger charge is 2.56. The van der Waals surface area contributed by atoms with Crippen molar-refractivity contribution in [3.8, 4) is 0 Å². The van der Waals surface area contributed by atoms with Crippen LogP contribution in [0.2, 0.25) is 0 Å². The number of hydrogen-bond acceptors (Lipinski definition) is 6. The lowest BCUT2D eigenvalue weighted by atomic mass is 9.83. The quantitative estimate of drug-likeness (QED) is 0.550. The van der Waals surface area contributed by atoms with Gasteiger partial charge in [-0.25, -0.2) is 0 Å². The molecule has 3 heterocycles. The zero-order valence-corrected chi connectivity index (χ0v) is 23.4. The van der Waals surface area contributed by atoms with Crippen molar-refractivity contribution in [2.45, 2.75) is 76.5 Å². The smallest absolute Gasteiger partial charge is 0.251 e. The predicted octanol–water partition coefficient (Wildman–Crippen LogP) is 3.10. The molecule has 1 aromatic rings. The maximum absolute atomic E-state index is 14.1. The van der Waals surface area contributed by atoms with Crippen molar-refractivity contribution in [3.63, 3.8) is 0 Å². The maximum Gasteiger partial charge on any atom is 0.251 e.